The molecule has 6 aromatic rings. The smallest absolute Gasteiger partial charge is 0.193 e. The first-order valence-corrected chi connectivity index (χ1v) is 15.0. The molecule has 0 amide bonds. The van der Waals surface area contributed by atoms with Gasteiger partial charge in [-0.3, -0.25) is 0 Å². The highest BCUT2D eigenvalue weighted by Crippen LogP contribution is 2.53. The minimum absolute atomic E-state index is 0.635. The van der Waals surface area contributed by atoms with Crippen LogP contribution in [0.1, 0.15) is 34.7 Å². The lowest BCUT2D eigenvalue weighted by Crippen LogP contribution is -2.54. The minimum Gasteiger partial charge on any atom is -0.378 e. The van der Waals surface area contributed by atoms with Gasteiger partial charge in [0.1, 0.15) is 23.4 Å². The molecule has 0 bridgehead atoms. The Kier molecular flexibility index (Phi) is 7.16. The molecule has 0 spiro atoms. The van der Waals surface area contributed by atoms with Gasteiger partial charge in [-0.05, 0) is 39.9 Å². The van der Waals surface area contributed by atoms with Crippen LogP contribution < -0.4 is 0 Å². The summed E-state index contributed by atoms with van der Waals surface area (Å²) in [4.78, 5) is 0. The molecule has 7 rings (SSSR count). The predicted octanol–water partition coefficient (Wildman–Crippen LogP) is 7.67. The van der Waals surface area contributed by atoms with Crippen molar-refractivity contribution in [2.75, 3.05) is 0 Å². The molecule has 6 aromatic carbocycles. The molecule has 1 aliphatic rings. The Morgan fingerprint density at radius 1 is 0.455 bits per heavy atom. The number of aliphatic hydroxyl groups is 2. The maximum Gasteiger partial charge on any atom is 0.193 e. The van der Waals surface area contributed by atoms with Gasteiger partial charge in [-0.2, -0.15) is 0 Å². The summed E-state index contributed by atoms with van der Waals surface area (Å²) in [6.45, 7) is 1.88. The maximum atomic E-state index is 13.2. The normalized spacial score (nSPS) is 18.3. The SMILES string of the molecule is CC1(c2cccc3ccccc23)O[C@@H](C(O)(c2ccccc2)c2ccccc2)[C@H](C(O)(c2ccccc2)c2ccccc2)O1. The van der Waals surface area contributed by atoms with Crippen LogP contribution in [0.5, 0.6) is 0 Å². The van der Waals surface area contributed by atoms with E-state index in [0.717, 1.165) is 16.3 Å². The van der Waals surface area contributed by atoms with Crippen molar-refractivity contribution in [3.8, 4) is 0 Å². The van der Waals surface area contributed by atoms with Crippen molar-refractivity contribution in [3.63, 3.8) is 0 Å². The van der Waals surface area contributed by atoms with Crippen LogP contribution in [-0.4, -0.2) is 22.4 Å². The van der Waals surface area contributed by atoms with Crippen LogP contribution in [-0.2, 0) is 26.5 Å². The van der Waals surface area contributed by atoms with Crippen molar-refractivity contribution in [1.29, 1.82) is 0 Å². The van der Waals surface area contributed by atoms with E-state index in [-0.39, 0.29) is 0 Å². The molecule has 0 aliphatic carbocycles. The highest BCUT2D eigenvalue weighted by atomic mass is 16.8. The van der Waals surface area contributed by atoms with Crippen LogP contribution in [0.4, 0.5) is 0 Å². The fraction of sp³-hybridized carbons (Fsp3) is 0.150. The summed E-state index contributed by atoms with van der Waals surface area (Å²) in [6.07, 6.45) is -2.11. The summed E-state index contributed by atoms with van der Waals surface area (Å²) in [7, 11) is 0. The lowest BCUT2D eigenvalue weighted by molar-refractivity contribution is -0.192. The molecule has 4 heteroatoms. The zero-order chi connectivity index (χ0) is 30.2. The van der Waals surface area contributed by atoms with Gasteiger partial charge in [0.25, 0.3) is 0 Å². The Morgan fingerprint density at radius 2 is 0.795 bits per heavy atom. The van der Waals surface area contributed by atoms with Crippen molar-refractivity contribution in [2.45, 2.75) is 36.1 Å². The second-order valence-electron chi connectivity index (χ2n) is 11.5. The first-order valence-electron chi connectivity index (χ1n) is 15.0. The van der Waals surface area contributed by atoms with Gasteiger partial charge in [0, 0.05) is 5.56 Å². The fourth-order valence-corrected chi connectivity index (χ4v) is 6.75. The van der Waals surface area contributed by atoms with Crippen molar-refractivity contribution in [3.05, 3.63) is 192 Å². The van der Waals surface area contributed by atoms with Gasteiger partial charge in [0.05, 0.1) is 0 Å². The predicted molar refractivity (Wildman–Crippen MR) is 173 cm³/mol. The molecule has 0 saturated carbocycles. The molecular weight excluding hydrogens is 544 g/mol. The van der Waals surface area contributed by atoms with E-state index < -0.39 is 29.2 Å². The number of hydrogen-bond donors (Lipinski definition) is 2. The van der Waals surface area contributed by atoms with Crippen molar-refractivity contribution in [2.24, 2.45) is 0 Å². The van der Waals surface area contributed by atoms with E-state index in [2.05, 4.69) is 12.1 Å². The van der Waals surface area contributed by atoms with Crippen molar-refractivity contribution < 1.29 is 19.7 Å². The fourth-order valence-electron chi connectivity index (χ4n) is 6.75. The molecule has 218 valence electrons. The summed E-state index contributed by atoms with van der Waals surface area (Å²) in [5.74, 6) is -1.33. The highest BCUT2D eigenvalue weighted by molar-refractivity contribution is 5.86. The molecule has 1 heterocycles. The first-order chi connectivity index (χ1) is 21.4. The van der Waals surface area contributed by atoms with Gasteiger partial charge in [-0.15, -0.1) is 0 Å². The third kappa shape index (κ3) is 4.55. The Bertz CT molecular complexity index is 1670. The molecule has 0 unspecified atom stereocenters. The Morgan fingerprint density at radius 3 is 1.20 bits per heavy atom. The number of ether oxygens (including phenoxy) is 2. The summed E-state index contributed by atoms with van der Waals surface area (Å²) in [5, 5.41) is 28.3. The summed E-state index contributed by atoms with van der Waals surface area (Å²) in [5.41, 5.74) is -0.0491. The molecule has 4 nitrogen and oxygen atoms in total. The molecule has 0 radical (unpaired) electrons. The second kappa shape index (κ2) is 11.2. The zero-order valence-electron chi connectivity index (χ0n) is 24.5. The van der Waals surface area contributed by atoms with E-state index in [1.165, 1.54) is 0 Å². The van der Waals surface area contributed by atoms with Gasteiger partial charge < -0.3 is 19.7 Å². The molecule has 1 fully saturated rings. The molecule has 2 N–H and O–H groups in total. The summed E-state index contributed by atoms with van der Waals surface area (Å²) >= 11 is 0. The van der Waals surface area contributed by atoms with Crippen LogP contribution in [0.3, 0.4) is 0 Å². The van der Waals surface area contributed by atoms with E-state index in [0.29, 0.717) is 22.3 Å². The maximum absolute atomic E-state index is 13.2. The van der Waals surface area contributed by atoms with Gasteiger partial charge in [0.15, 0.2) is 5.79 Å². The molecule has 1 saturated heterocycles. The molecule has 0 aromatic heterocycles. The second-order valence-corrected chi connectivity index (χ2v) is 11.5. The lowest BCUT2D eigenvalue weighted by atomic mass is 9.72. The van der Waals surface area contributed by atoms with Crippen LogP contribution in [0.2, 0.25) is 0 Å². The number of benzene rings is 6. The zero-order valence-corrected chi connectivity index (χ0v) is 24.5. The van der Waals surface area contributed by atoms with Gasteiger partial charge in [0.2, 0.25) is 0 Å². The molecule has 1 aliphatic heterocycles. The van der Waals surface area contributed by atoms with E-state index in [1.54, 1.807) is 0 Å². The van der Waals surface area contributed by atoms with Crippen LogP contribution in [0.25, 0.3) is 10.8 Å². The summed E-state index contributed by atoms with van der Waals surface area (Å²) < 4.78 is 14.2. The van der Waals surface area contributed by atoms with Gasteiger partial charge in [-0.1, -0.05) is 164 Å². The third-order valence-electron chi connectivity index (χ3n) is 8.94. The summed E-state index contributed by atoms with van der Waals surface area (Å²) in [6, 6.07) is 52.2. The average Bonchev–Trinajstić information content (AvgIpc) is 3.48. The quantitative estimate of drug-likeness (QED) is 0.204. The first kappa shape index (κ1) is 28.2. The van der Waals surface area contributed by atoms with Crippen molar-refractivity contribution in [1.82, 2.24) is 0 Å². The average molecular weight is 579 g/mol. The largest absolute Gasteiger partial charge is 0.378 e. The monoisotopic (exact) mass is 578 g/mol. The van der Waals surface area contributed by atoms with Crippen LogP contribution >= 0.6 is 0 Å². The number of hydrogen-bond acceptors (Lipinski definition) is 4. The number of fused-ring (bicyclic) bond motifs is 1. The molecule has 44 heavy (non-hydrogen) atoms. The van der Waals surface area contributed by atoms with Crippen molar-refractivity contribution >= 4 is 10.8 Å². The standard InChI is InChI=1S/C40H34O4/c1-38(35-28-16-18-29-17-14-15-27-34(29)35)43-36(39(41,30-19-6-2-7-20-30)31-21-8-3-9-22-31)37(44-38)40(42,32-23-10-4-11-24-32)33-25-12-5-13-26-33/h2-28,36-37,41-42H,1H3/t36-,37-/m1/s1. The highest BCUT2D eigenvalue weighted by Gasteiger charge is 2.62. The van der Waals surface area contributed by atoms with E-state index in [9.17, 15) is 10.2 Å². The van der Waals surface area contributed by atoms with E-state index in [4.69, 9.17) is 9.47 Å². The van der Waals surface area contributed by atoms with Gasteiger partial charge in [-0.25, -0.2) is 0 Å². The van der Waals surface area contributed by atoms with Crippen LogP contribution in [0, 0.1) is 0 Å². The Balaban J connectivity index is 1.51. The topological polar surface area (TPSA) is 58.9 Å². The molecular formula is C40H34O4. The molecule has 2 atom stereocenters. The number of rotatable bonds is 7. The van der Waals surface area contributed by atoms with E-state index >= 15 is 0 Å². The lowest BCUT2D eigenvalue weighted by Gasteiger charge is -2.42. The Hall–Kier alpha value is -4.58. The van der Waals surface area contributed by atoms with Gasteiger partial charge >= 0.3 is 0 Å². The van der Waals surface area contributed by atoms with E-state index in [1.807, 2.05) is 159 Å². The Labute approximate surface area is 257 Å². The third-order valence-corrected chi connectivity index (χ3v) is 8.94. The minimum atomic E-state index is -1.70. The van der Waals surface area contributed by atoms with Crippen LogP contribution in [0.15, 0.2) is 164 Å².